The molecule has 0 aliphatic heterocycles. The number of hydrogen-bond donors (Lipinski definition) is 1. The average Bonchev–Trinajstić information content (AvgIpc) is 2.24. The van der Waals surface area contributed by atoms with E-state index in [1.165, 1.54) is 0 Å². The molecule has 0 aromatic heterocycles. The van der Waals surface area contributed by atoms with Crippen LogP contribution in [0, 0.1) is 0 Å². The van der Waals surface area contributed by atoms with Crippen molar-refractivity contribution in [3.63, 3.8) is 0 Å². The van der Waals surface area contributed by atoms with Crippen molar-refractivity contribution in [3.8, 4) is 0 Å². The monoisotopic (exact) mass is 217 g/mol. The van der Waals surface area contributed by atoms with E-state index >= 15 is 0 Å². The Morgan fingerprint density at radius 2 is 1.87 bits per heavy atom. The summed E-state index contributed by atoms with van der Waals surface area (Å²) < 4.78 is 5.07. The Kier molecular flexibility index (Phi) is 9.27. The van der Waals surface area contributed by atoms with Crippen LogP contribution in [0.15, 0.2) is 0 Å². The highest BCUT2D eigenvalue weighted by molar-refractivity contribution is 5.67. The lowest BCUT2D eigenvalue weighted by Gasteiger charge is -2.20. The van der Waals surface area contributed by atoms with Crippen LogP contribution in [0.2, 0.25) is 0 Å². The van der Waals surface area contributed by atoms with Gasteiger partial charge < -0.3 is 14.7 Å². The molecular formula is C11H23NO3. The lowest BCUT2D eigenvalue weighted by molar-refractivity contribution is 0.0925. The van der Waals surface area contributed by atoms with E-state index in [1.807, 2.05) is 0 Å². The second-order valence-electron chi connectivity index (χ2n) is 3.53. The molecule has 0 atom stereocenters. The van der Waals surface area contributed by atoms with Gasteiger partial charge in [-0.05, 0) is 12.8 Å². The highest BCUT2D eigenvalue weighted by Crippen LogP contribution is 1.99. The van der Waals surface area contributed by atoms with Gasteiger partial charge in [0.05, 0.1) is 13.2 Å². The second-order valence-corrected chi connectivity index (χ2v) is 3.53. The number of amides is 1. The number of aliphatic hydroxyl groups is 1. The molecule has 0 aliphatic rings. The molecule has 0 rings (SSSR count). The van der Waals surface area contributed by atoms with E-state index in [0.29, 0.717) is 19.7 Å². The van der Waals surface area contributed by atoms with Gasteiger partial charge in [-0.2, -0.15) is 0 Å². The summed E-state index contributed by atoms with van der Waals surface area (Å²) in [5.74, 6) is 0. The van der Waals surface area contributed by atoms with Gasteiger partial charge in [-0.1, -0.05) is 26.7 Å². The van der Waals surface area contributed by atoms with E-state index in [1.54, 1.807) is 4.90 Å². The van der Waals surface area contributed by atoms with Crippen molar-refractivity contribution in [2.24, 2.45) is 0 Å². The van der Waals surface area contributed by atoms with E-state index in [4.69, 9.17) is 9.84 Å². The predicted octanol–water partition coefficient (Wildman–Crippen LogP) is 2.02. The summed E-state index contributed by atoms with van der Waals surface area (Å²) in [6.45, 7) is 5.62. The fourth-order valence-electron chi connectivity index (χ4n) is 1.16. The van der Waals surface area contributed by atoms with Gasteiger partial charge in [0.1, 0.15) is 0 Å². The Balaban J connectivity index is 3.81. The normalized spacial score (nSPS) is 10.1. The van der Waals surface area contributed by atoms with Gasteiger partial charge in [-0.25, -0.2) is 4.79 Å². The fourth-order valence-corrected chi connectivity index (χ4v) is 1.16. The molecule has 1 N–H and O–H groups in total. The molecule has 0 saturated carbocycles. The van der Waals surface area contributed by atoms with Crippen LogP contribution in [0.5, 0.6) is 0 Å². The zero-order valence-electron chi connectivity index (χ0n) is 9.87. The van der Waals surface area contributed by atoms with Crippen LogP contribution in [0.3, 0.4) is 0 Å². The topological polar surface area (TPSA) is 49.8 Å². The van der Waals surface area contributed by atoms with E-state index in [9.17, 15) is 4.79 Å². The number of nitrogens with zero attached hydrogens (tertiary/aromatic N) is 1. The first-order chi connectivity index (χ1) is 7.26. The number of carbonyl (C=O) groups excluding carboxylic acids is 1. The number of hydrogen-bond acceptors (Lipinski definition) is 3. The van der Waals surface area contributed by atoms with Gasteiger partial charge in [-0.3, -0.25) is 0 Å². The highest BCUT2D eigenvalue weighted by Gasteiger charge is 2.12. The summed E-state index contributed by atoms with van der Waals surface area (Å²) in [7, 11) is 0. The predicted molar refractivity (Wildman–Crippen MR) is 59.8 cm³/mol. The molecule has 15 heavy (non-hydrogen) atoms. The first kappa shape index (κ1) is 14.2. The van der Waals surface area contributed by atoms with Crippen molar-refractivity contribution in [3.05, 3.63) is 0 Å². The minimum Gasteiger partial charge on any atom is -0.449 e. The Labute approximate surface area is 92.2 Å². The lowest BCUT2D eigenvalue weighted by Crippen LogP contribution is -2.35. The molecule has 0 radical (unpaired) electrons. The van der Waals surface area contributed by atoms with E-state index in [0.717, 1.165) is 25.7 Å². The van der Waals surface area contributed by atoms with Crippen molar-refractivity contribution in [2.75, 3.05) is 26.3 Å². The third-order valence-electron chi connectivity index (χ3n) is 2.13. The van der Waals surface area contributed by atoms with Crippen LogP contribution >= 0.6 is 0 Å². The maximum absolute atomic E-state index is 11.5. The number of unbranched alkanes of at least 4 members (excludes halogenated alkanes) is 2. The van der Waals surface area contributed by atoms with Crippen molar-refractivity contribution >= 4 is 6.09 Å². The van der Waals surface area contributed by atoms with Gasteiger partial charge >= 0.3 is 6.09 Å². The van der Waals surface area contributed by atoms with Crippen molar-refractivity contribution < 1.29 is 14.6 Å². The third kappa shape index (κ3) is 7.19. The first-order valence-electron chi connectivity index (χ1n) is 5.78. The molecule has 90 valence electrons. The standard InChI is InChI=1S/C11H23NO3/c1-3-5-7-12(8-9-13)11(14)15-10-6-4-2/h13H,3-10H2,1-2H3. The van der Waals surface area contributed by atoms with E-state index < -0.39 is 0 Å². The number of rotatable bonds is 8. The molecular weight excluding hydrogens is 194 g/mol. The highest BCUT2D eigenvalue weighted by atomic mass is 16.6. The van der Waals surface area contributed by atoms with Crippen LogP contribution in [-0.4, -0.2) is 42.4 Å². The molecule has 4 nitrogen and oxygen atoms in total. The number of carbonyl (C=O) groups is 1. The van der Waals surface area contributed by atoms with Crippen LogP contribution in [0.25, 0.3) is 0 Å². The fraction of sp³-hybridized carbons (Fsp3) is 0.909. The molecule has 0 heterocycles. The molecule has 1 amide bonds. The summed E-state index contributed by atoms with van der Waals surface area (Å²) in [6.07, 6.45) is 3.59. The van der Waals surface area contributed by atoms with Gasteiger partial charge in [0.2, 0.25) is 0 Å². The summed E-state index contributed by atoms with van der Waals surface area (Å²) in [4.78, 5) is 13.1. The van der Waals surface area contributed by atoms with E-state index in [2.05, 4.69) is 13.8 Å². The largest absolute Gasteiger partial charge is 0.449 e. The Morgan fingerprint density at radius 1 is 1.20 bits per heavy atom. The minimum absolute atomic E-state index is 0.00735. The van der Waals surface area contributed by atoms with Crippen LogP contribution in [-0.2, 0) is 4.74 Å². The Morgan fingerprint density at radius 3 is 2.40 bits per heavy atom. The maximum Gasteiger partial charge on any atom is 0.409 e. The van der Waals surface area contributed by atoms with Gasteiger partial charge in [0, 0.05) is 13.1 Å². The number of ether oxygens (including phenoxy) is 1. The van der Waals surface area contributed by atoms with Crippen LogP contribution in [0.1, 0.15) is 39.5 Å². The Hall–Kier alpha value is -0.770. The molecule has 0 spiro atoms. The van der Waals surface area contributed by atoms with Gasteiger partial charge in [0.15, 0.2) is 0 Å². The molecule has 0 fully saturated rings. The quantitative estimate of drug-likeness (QED) is 0.633. The summed E-state index contributed by atoms with van der Waals surface area (Å²) in [6, 6.07) is 0. The summed E-state index contributed by atoms with van der Waals surface area (Å²) in [5, 5.41) is 8.81. The SMILES string of the molecule is CCCCOC(=O)N(CCO)CCCC. The zero-order chi connectivity index (χ0) is 11.5. The molecule has 0 saturated heterocycles. The zero-order valence-corrected chi connectivity index (χ0v) is 9.87. The van der Waals surface area contributed by atoms with Crippen molar-refractivity contribution in [2.45, 2.75) is 39.5 Å². The lowest BCUT2D eigenvalue weighted by atomic mass is 10.3. The summed E-state index contributed by atoms with van der Waals surface area (Å²) >= 11 is 0. The van der Waals surface area contributed by atoms with Crippen LogP contribution < -0.4 is 0 Å². The first-order valence-corrected chi connectivity index (χ1v) is 5.78. The molecule has 4 heteroatoms. The van der Waals surface area contributed by atoms with E-state index in [-0.39, 0.29) is 12.7 Å². The summed E-state index contributed by atoms with van der Waals surface area (Å²) in [5.41, 5.74) is 0. The molecule has 0 aromatic rings. The molecule has 0 bridgehead atoms. The number of aliphatic hydroxyl groups excluding tert-OH is 1. The molecule has 0 unspecified atom stereocenters. The van der Waals surface area contributed by atoms with Crippen molar-refractivity contribution in [1.82, 2.24) is 4.90 Å². The van der Waals surface area contributed by atoms with Crippen molar-refractivity contribution in [1.29, 1.82) is 0 Å². The van der Waals surface area contributed by atoms with Gasteiger partial charge in [0.25, 0.3) is 0 Å². The molecule has 0 aliphatic carbocycles. The third-order valence-corrected chi connectivity index (χ3v) is 2.13. The Bertz CT molecular complexity index is 162. The minimum atomic E-state index is -0.300. The average molecular weight is 217 g/mol. The molecule has 0 aromatic carbocycles. The van der Waals surface area contributed by atoms with Gasteiger partial charge in [-0.15, -0.1) is 0 Å². The smallest absolute Gasteiger partial charge is 0.409 e. The maximum atomic E-state index is 11.5. The second kappa shape index (κ2) is 9.77. The van der Waals surface area contributed by atoms with Crippen LogP contribution in [0.4, 0.5) is 4.79 Å².